The first-order valence-electron chi connectivity index (χ1n) is 4.37. The first kappa shape index (κ1) is 11.9. The van der Waals surface area contributed by atoms with Crippen molar-refractivity contribution in [1.29, 1.82) is 0 Å². The Balaban J connectivity index is 3.42. The number of rotatable bonds is 6. The number of esters is 1. The van der Waals surface area contributed by atoms with Gasteiger partial charge in [-0.2, -0.15) is 0 Å². The standard InChI is InChI=1S/C9H16O4/c1-7(9(12)13-2)5-3-4-6-8(10)11/h7H,3-6H2,1-2H3,(H,10,11). The molecule has 0 fully saturated rings. The zero-order valence-electron chi connectivity index (χ0n) is 8.08. The lowest BCUT2D eigenvalue weighted by Crippen LogP contribution is -2.12. The molecule has 1 unspecified atom stereocenters. The molecule has 13 heavy (non-hydrogen) atoms. The fraction of sp³-hybridized carbons (Fsp3) is 0.778. The SMILES string of the molecule is COC(=O)C(C)CCCCC(=O)O. The lowest BCUT2D eigenvalue weighted by atomic mass is 10.0. The molecule has 0 aliphatic heterocycles. The van der Waals surface area contributed by atoms with Crippen molar-refractivity contribution in [3.05, 3.63) is 0 Å². The van der Waals surface area contributed by atoms with Gasteiger partial charge in [0.15, 0.2) is 0 Å². The van der Waals surface area contributed by atoms with Crippen molar-refractivity contribution in [3.8, 4) is 0 Å². The maximum absolute atomic E-state index is 10.9. The monoisotopic (exact) mass is 188 g/mol. The number of hydrogen-bond acceptors (Lipinski definition) is 3. The maximum atomic E-state index is 10.9. The highest BCUT2D eigenvalue weighted by atomic mass is 16.5. The second kappa shape index (κ2) is 6.46. The molecule has 1 atom stereocenters. The Bertz CT molecular complexity index is 176. The Labute approximate surface area is 77.9 Å². The van der Waals surface area contributed by atoms with Crippen molar-refractivity contribution in [2.75, 3.05) is 7.11 Å². The molecule has 0 aromatic heterocycles. The van der Waals surface area contributed by atoms with Gasteiger partial charge in [-0.15, -0.1) is 0 Å². The van der Waals surface area contributed by atoms with Crippen LogP contribution < -0.4 is 0 Å². The summed E-state index contributed by atoms with van der Waals surface area (Å²) in [6.45, 7) is 1.78. The Morgan fingerprint density at radius 3 is 2.46 bits per heavy atom. The average molecular weight is 188 g/mol. The third kappa shape index (κ3) is 6.13. The van der Waals surface area contributed by atoms with E-state index in [1.807, 2.05) is 0 Å². The number of ether oxygens (including phenoxy) is 1. The van der Waals surface area contributed by atoms with Crippen LogP contribution in [-0.2, 0) is 14.3 Å². The van der Waals surface area contributed by atoms with Crippen LogP contribution in [0.3, 0.4) is 0 Å². The van der Waals surface area contributed by atoms with E-state index in [1.54, 1.807) is 6.92 Å². The van der Waals surface area contributed by atoms with Gasteiger partial charge in [-0.1, -0.05) is 13.3 Å². The van der Waals surface area contributed by atoms with E-state index < -0.39 is 5.97 Å². The number of hydrogen-bond donors (Lipinski definition) is 1. The number of carbonyl (C=O) groups excluding carboxylic acids is 1. The number of carboxylic acids is 1. The number of unbranched alkanes of at least 4 members (excludes halogenated alkanes) is 1. The second-order valence-corrected chi connectivity index (χ2v) is 3.06. The molecule has 0 aliphatic carbocycles. The molecule has 0 heterocycles. The van der Waals surface area contributed by atoms with Gasteiger partial charge in [-0.25, -0.2) is 0 Å². The average Bonchev–Trinajstić information content (AvgIpc) is 2.10. The minimum Gasteiger partial charge on any atom is -0.481 e. The normalized spacial score (nSPS) is 12.2. The maximum Gasteiger partial charge on any atom is 0.308 e. The lowest BCUT2D eigenvalue weighted by Gasteiger charge is -2.07. The number of carbonyl (C=O) groups is 2. The summed E-state index contributed by atoms with van der Waals surface area (Å²) in [7, 11) is 1.36. The molecule has 0 saturated heterocycles. The van der Waals surface area contributed by atoms with Crippen molar-refractivity contribution in [2.45, 2.75) is 32.6 Å². The van der Waals surface area contributed by atoms with Gasteiger partial charge < -0.3 is 9.84 Å². The van der Waals surface area contributed by atoms with E-state index in [2.05, 4.69) is 4.74 Å². The van der Waals surface area contributed by atoms with Crippen LogP contribution in [0.1, 0.15) is 32.6 Å². The number of methoxy groups -OCH3 is 1. The van der Waals surface area contributed by atoms with Gasteiger partial charge >= 0.3 is 11.9 Å². The molecule has 0 rings (SSSR count). The molecule has 76 valence electrons. The molecule has 0 aromatic carbocycles. The van der Waals surface area contributed by atoms with Crippen LogP contribution in [0.4, 0.5) is 0 Å². The highest BCUT2D eigenvalue weighted by molar-refractivity contribution is 5.71. The predicted octanol–water partition coefficient (Wildman–Crippen LogP) is 1.44. The highest BCUT2D eigenvalue weighted by Crippen LogP contribution is 2.10. The predicted molar refractivity (Wildman–Crippen MR) is 47.3 cm³/mol. The van der Waals surface area contributed by atoms with Gasteiger partial charge in [0.25, 0.3) is 0 Å². The number of aliphatic carboxylic acids is 1. The molecule has 0 aromatic rings. The molecule has 0 radical (unpaired) electrons. The Kier molecular flexibility index (Phi) is 5.93. The van der Waals surface area contributed by atoms with E-state index in [0.29, 0.717) is 12.8 Å². The number of carboxylic acid groups (broad SMARTS) is 1. The van der Waals surface area contributed by atoms with E-state index in [0.717, 1.165) is 6.42 Å². The fourth-order valence-corrected chi connectivity index (χ4v) is 1.05. The Hall–Kier alpha value is -1.06. The quantitative estimate of drug-likeness (QED) is 0.506. The van der Waals surface area contributed by atoms with Gasteiger partial charge in [0, 0.05) is 6.42 Å². The minimum atomic E-state index is -0.786. The van der Waals surface area contributed by atoms with Gasteiger partial charge in [-0.3, -0.25) is 9.59 Å². The van der Waals surface area contributed by atoms with Crippen molar-refractivity contribution in [1.82, 2.24) is 0 Å². The van der Waals surface area contributed by atoms with E-state index in [4.69, 9.17) is 5.11 Å². The molecule has 1 N–H and O–H groups in total. The van der Waals surface area contributed by atoms with Crippen LogP contribution >= 0.6 is 0 Å². The summed E-state index contributed by atoms with van der Waals surface area (Å²) in [5.41, 5.74) is 0. The second-order valence-electron chi connectivity index (χ2n) is 3.06. The van der Waals surface area contributed by atoms with Gasteiger partial charge in [0.05, 0.1) is 13.0 Å². The van der Waals surface area contributed by atoms with E-state index >= 15 is 0 Å². The largest absolute Gasteiger partial charge is 0.481 e. The molecule has 0 aliphatic rings. The van der Waals surface area contributed by atoms with Gasteiger partial charge in [0.2, 0.25) is 0 Å². The van der Waals surface area contributed by atoms with E-state index in [9.17, 15) is 9.59 Å². The molecule has 0 amide bonds. The van der Waals surface area contributed by atoms with Crippen molar-refractivity contribution < 1.29 is 19.4 Å². The van der Waals surface area contributed by atoms with Crippen LogP contribution in [-0.4, -0.2) is 24.2 Å². The van der Waals surface area contributed by atoms with Crippen molar-refractivity contribution in [2.24, 2.45) is 5.92 Å². The first-order valence-corrected chi connectivity index (χ1v) is 4.37. The van der Waals surface area contributed by atoms with Crippen LogP contribution in [0.25, 0.3) is 0 Å². The molecular formula is C9H16O4. The molecular weight excluding hydrogens is 172 g/mol. The van der Waals surface area contributed by atoms with Crippen molar-refractivity contribution in [3.63, 3.8) is 0 Å². The summed E-state index contributed by atoms with van der Waals surface area (Å²) in [5.74, 6) is -1.14. The Morgan fingerprint density at radius 2 is 2.00 bits per heavy atom. The molecule has 4 nitrogen and oxygen atoms in total. The third-order valence-electron chi connectivity index (χ3n) is 1.88. The highest BCUT2D eigenvalue weighted by Gasteiger charge is 2.12. The summed E-state index contributed by atoms with van der Waals surface area (Å²) in [5, 5.41) is 8.34. The molecule has 0 bridgehead atoms. The van der Waals surface area contributed by atoms with E-state index in [-0.39, 0.29) is 18.3 Å². The summed E-state index contributed by atoms with van der Waals surface area (Å²) in [6.07, 6.45) is 2.24. The molecule has 0 saturated carbocycles. The van der Waals surface area contributed by atoms with Gasteiger partial charge in [-0.05, 0) is 12.8 Å². The van der Waals surface area contributed by atoms with Crippen LogP contribution in [0.15, 0.2) is 0 Å². The van der Waals surface area contributed by atoms with Gasteiger partial charge in [0.1, 0.15) is 0 Å². The fourth-order valence-electron chi connectivity index (χ4n) is 1.05. The molecule has 0 spiro atoms. The smallest absolute Gasteiger partial charge is 0.308 e. The van der Waals surface area contributed by atoms with Crippen LogP contribution in [0.5, 0.6) is 0 Å². The Morgan fingerprint density at radius 1 is 1.38 bits per heavy atom. The van der Waals surface area contributed by atoms with E-state index in [1.165, 1.54) is 7.11 Å². The first-order chi connectivity index (χ1) is 6.07. The topological polar surface area (TPSA) is 63.6 Å². The zero-order valence-corrected chi connectivity index (χ0v) is 8.08. The summed E-state index contributed by atoms with van der Waals surface area (Å²) in [4.78, 5) is 21.0. The van der Waals surface area contributed by atoms with Crippen LogP contribution in [0.2, 0.25) is 0 Å². The molecule has 4 heteroatoms. The van der Waals surface area contributed by atoms with Crippen molar-refractivity contribution >= 4 is 11.9 Å². The van der Waals surface area contributed by atoms with Crippen LogP contribution in [0, 0.1) is 5.92 Å². The summed E-state index contributed by atoms with van der Waals surface area (Å²) in [6, 6.07) is 0. The minimum absolute atomic E-state index is 0.126. The summed E-state index contributed by atoms with van der Waals surface area (Å²) < 4.78 is 4.53. The third-order valence-corrected chi connectivity index (χ3v) is 1.88. The zero-order chi connectivity index (χ0) is 10.3. The lowest BCUT2D eigenvalue weighted by molar-refractivity contribution is -0.145. The summed E-state index contributed by atoms with van der Waals surface area (Å²) >= 11 is 0.